The first-order chi connectivity index (χ1) is 19.7. The molecule has 0 atom stereocenters. The van der Waals surface area contributed by atoms with E-state index in [-0.39, 0.29) is 17.6 Å². The standard InChI is InChI=1S/C31H40N6O4/c1-4-41-26-15-27(29-24(18-32)20-34-37(29)21-26)23-5-6-28(33-19-23)36-9-7-31(8-10-36,17-25(38)16-30(2,3)39)22-35-11-13-40-14-12-35/h5-6,15,19-21,39H,4,7-14,16-17,22H2,1-3H3. The number of carbonyl (C=O) groups is 1. The minimum atomic E-state index is -0.998. The summed E-state index contributed by atoms with van der Waals surface area (Å²) in [5, 5.41) is 24.2. The van der Waals surface area contributed by atoms with Crippen LogP contribution in [0.2, 0.25) is 0 Å². The van der Waals surface area contributed by atoms with Crippen molar-refractivity contribution in [2.24, 2.45) is 5.41 Å². The quantitative estimate of drug-likeness (QED) is 0.396. The van der Waals surface area contributed by atoms with Crippen LogP contribution < -0.4 is 9.64 Å². The van der Waals surface area contributed by atoms with Crippen molar-refractivity contribution in [1.82, 2.24) is 19.5 Å². The number of aromatic nitrogens is 3. The SMILES string of the molecule is CCOc1cc(-c2ccc(N3CCC(CC(=O)CC(C)(C)O)(CN4CCOCC4)CC3)nc2)c2c(C#N)cnn2c1. The van der Waals surface area contributed by atoms with E-state index in [0.29, 0.717) is 24.3 Å². The van der Waals surface area contributed by atoms with E-state index < -0.39 is 5.60 Å². The van der Waals surface area contributed by atoms with Gasteiger partial charge in [0.25, 0.3) is 0 Å². The van der Waals surface area contributed by atoms with Gasteiger partial charge in [-0.3, -0.25) is 9.69 Å². The molecule has 2 saturated heterocycles. The number of aliphatic hydroxyl groups is 1. The molecule has 0 saturated carbocycles. The number of ether oxygens (including phenoxy) is 2. The maximum absolute atomic E-state index is 13.0. The Balaban J connectivity index is 1.33. The predicted molar refractivity (Wildman–Crippen MR) is 156 cm³/mol. The molecular formula is C31H40N6O4. The molecule has 218 valence electrons. The number of nitrogens with zero attached hydrogens (tertiary/aromatic N) is 6. The lowest BCUT2D eigenvalue weighted by molar-refractivity contribution is -0.126. The van der Waals surface area contributed by atoms with Gasteiger partial charge in [-0.1, -0.05) is 0 Å². The maximum atomic E-state index is 13.0. The highest BCUT2D eigenvalue weighted by atomic mass is 16.5. The summed E-state index contributed by atoms with van der Waals surface area (Å²) in [6, 6.07) is 8.23. The number of Topliss-reactive ketones (excluding diaryl/α,β-unsaturated/α-hetero) is 1. The molecule has 41 heavy (non-hydrogen) atoms. The zero-order chi connectivity index (χ0) is 29.0. The largest absolute Gasteiger partial charge is 0.492 e. The monoisotopic (exact) mass is 560 g/mol. The maximum Gasteiger partial charge on any atom is 0.138 e. The van der Waals surface area contributed by atoms with Crippen LogP contribution in [-0.4, -0.2) is 88.5 Å². The van der Waals surface area contributed by atoms with Gasteiger partial charge in [0.05, 0.1) is 48.9 Å². The molecule has 0 unspecified atom stereocenters. The Kier molecular flexibility index (Phi) is 8.59. The summed E-state index contributed by atoms with van der Waals surface area (Å²) in [6.07, 6.45) is 7.61. The van der Waals surface area contributed by atoms with E-state index in [1.165, 1.54) is 0 Å². The second kappa shape index (κ2) is 12.1. The molecule has 3 aromatic heterocycles. The van der Waals surface area contributed by atoms with Crippen molar-refractivity contribution in [1.29, 1.82) is 5.26 Å². The first-order valence-corrected chi connectivity index (χ1v) is 14.5. The average molecular weight is 561 g/mol. The Morgan fingerprint density at radius 2 is 1.95 bits per heavy atom. The highest BCUT2D eigenvalue weighted by molar-refractivity contribution is 5.85. The van der Waals surface area contributed by atoms with Crippen molar-refractivity contribution < 1.29 is 19.4 Å². The summed E-state index contributed by atoms with van der Waals surface area (Å²) in [4.78, 5) is 22.5. The topological polar surface area (TPSA) is 116 Å². The molecule has 10 nitrogen and oxygen atoms in total. The molecule has 0 spiro atoms. The first-order valence-electron chi connectivity index (χ1n) is 14.5. The van der Waals surface area contributed by atoms with Crippen LogP contribution in [0.1, 0.15) is 52.0 Å². The third kappa shape index (κ3) is 6.87. The highest BCUT2D eigenvalue weighted by Crippen LogP contribution is 2.39. The molecule has 0 radical (unpaired) electrons. The van der Waals surface area contributed by atoms with Gasteiger partial charge >= 0.3 is 0 Å². The van der Waals surface area contributed by atoms with E-state index in [9.17, 15) is 15.2 Å². The van der Waals surface area contributed by atoms with E-state index in [0.717, 1.165) is 81.2 Å². The van der Waals surface area contributed by atoms with Gasteiger partial charge in [0, 0.05) is 62.9 Å². The minimum Gasteiger partial charge on any atom is -0.492 e. The van der Waals surface area contributed by atoms with E-state index in [4.69, 9.17) is 14.5 Å². The lowest BCUT2D eigenvalue weighted by atomic mass is 9.73. The van der Waals surface area contributed by atoms with Crippen LogP contribution in [0.25, 0.3) is 16.6 Å². The molecule has 5 heterocycles. The van der Waals surface area contributed by atoms with Crippen molar-refractivity contribution in [2.45, 2.75) is 52.1 Å². The molecule has 10 heteroatoms. The molecule has 3 aromatic rings. The zero-order valence-electron chi connectivity index (χ0n) is 24.3. The molecule has 0 bridgehead atoms. The molecule has 2 fully saturated rings. The summed E-state index contributed by atoms with van der Waals surface area (Å²) in [5.41, 5.74) is 1.83. The normalized spacial score (nSPS) is 17.9. The molecule has 2 aliphatic heterocycles. The summed E-state index contributed by atoms with van der Waals surface area (Å²) in [6.45, 7) is 11.6. The fraction of sp³-hybridized carbons (Fsp3) is 0.548. The summed E-state index contributed by atoms with van der Waals surface area (Å²) in [5.74, 6) is 1.69. The summed E-state index contributed by atoms with van der Waals surface area (Å²) in [7, 11) is 0. The molecular weight excluding hydrogens is 520 g/mol. The second-order valence-electron chi connectivity index (χ2n) is 12.0. The fourth-order valence-electron chi connectivity index (χ4n) is 6.17. The number of anilines is 1. The number of hydrogen-bond acceptors (Lipinski definition) is 9. The van der Waals surface area contributed by atoms with Crippen molar-refractivity contribution in [3.63, 3.8) is 0 Å². The zero-order valence-corrected chi connectivity index (χ0v) is 24.3. The Labute approximate surface area is 241 Å². The molecule has 5 rings (SSSR count). The Morgan fingerprint density at radius 3 is 2.59 bits per heavy atom. The summed E-state index contributed by atoms with van der Waals surface area (Å²) >= 11 is 0. The van der Waals surface area contributed by atoms with Gasteiger partial charge in [0.15, 0.2) is 0 Å². The van der Waals surface area contributed by atoms with Crippen LogP contribution in [0.4, 0.5) is 5.82 Å². The average Bonchev–Trinajstić information content (AvgIpc) is 3.36. The van der Waals surface area contributed by atoms with Crippen molar-refractivity contribution in [3.8, 4) is 22.9 Å². The summed E-state index contributed by atoms with van der Waals surface area (Å²) < 4.78 is 13.0. The van der Waals surface area contributed by atoms with E-state index >= 15 is 0 Å². The van der Waals surface area contributed by atoms with Crippen molar-refractivity contribution in [2.75, 3.05) is 57.4 Å². The van der Waals surface area contributed by atoms with Gasteiger partial charge in [-0.2, -0.15) is 10.4 Å². The second-order valence-corrected chi connectivity index (χ2v) is 12.0. The number of ketones is 1. The third-order valence-electron chi connectivity index (χ3n) is 8.09. The molecule has 2 aliphatic rings. The van der Waals surface area contributed by atoms with E-state index in [2.05, 4.69) is 21.0 Å². The number of morpholine rings is 1. The smallest absolute Gasteiger partial charge is 0.138 e. The number of nitriles is 1. The van der Waals surface area contributed by atoms with Crippen LogP contribution >= 0.6 is 0 Å². The minimum absolute atomic E-state index is 0.124. The van der Waals surface area contributed by atoms with Gasteiger partial charge in [0.2, 0.25) is 0 Å². The molecule has 0 aromatic carbocycles. The van der Waals surface area contributed by atoms with Gasteiger partial charge in [-0.05, 0) is 57.2 Å². The van der Waals surface area contributed by atoms with Crippen molar-refractivity contribution >= 4 is 17.1 Å². The van der Waals surface area contributed by atoms with Crippen LogP contribution in [0.5, 0.6) is 5.75 Å². The number of piperidine rings is 1. The predicted octanol–water partition coefficient (Wildman–Crippen LogP) is 3.71. The van der Waals surface area contributed by atoms with Crippen LogP contribution in [0, 0.1) is 16.7 Å². The Bertz CT molecular complexity index is 1390. The van der Waals surface area contributed by atoms with E-state index in [1.54, 1.807) is 30.8 Å². The van der Waals surface area contributed by atoms with Crippen LogP contribution in [0.15, 0.2) is 36.8 Å². The highest BCUT2D eigenvalue weighted by Gasteiger charge is 2.39. The van der Waals surface area contributed by atoms with Crippen LogP contribution in [0.3, 0.4) is 0 Å². The lowest BCUT2D eigenvalue weighted by Crippen LogP contribution is -2.50. The molecule has 0 amide bonds. The van der Waals surface area contributed by atoms with E-state index in [1.807, 2.05) is 31.3 Å². The van der Waals surface area contributed by atoms with Gasteiger partial charge in [-0.15, -0.1) is 0 Å². The third-order valence-corrected chi connectivity index (χ3v) is 8.09. The molecule has 0 aliphatic carbocycles. The fourth-order valence-corrected chi connectivity index (χ4v) is 6.17. The number of hydrogen-bond donors (Lipinski definition) is 1. The first kappa shape index (κ1) is 29.0. The number of rotatable bonds is 10. The Hall–Kier alpha value is -3.52. The lowest BCUT2D eigenvalue weighted by Gasteiger charge is -2.45. The van der Waals surface area contributed by atoms with Gasteiger partial charge < -0.3 is 19.5 Å². The van der Waals surface area contributed by atoms with Gasteiger partial charge in [0.1, 0.15) is 23.4 Å². The number of fused-ring (bicyclic) bond motifs is 1. The number of carbonyl (C=O) groups excluding carboxylic acids is 1. The molecule has 1 N–H and O–H groups in total. The Morgan fingerprint density at radius 1 is 1.20 bits per heavy atom. The number of pyridine rings is 2. The van der Waals surface area contributed by atoms with Gasteiger partial charge in [-0.25, -0.2) is 9.50 Å². The van der Waals surface area contributed by atoms with Crippen molar-refractivity contribution in [3.05, 3.63) is 42.4 Å². The van der Waals surface area contributed by atoms with Crippen LogP contribution in [-0.2, 0) is 9.53 Å².